The number of nitrogens with zero attached hydrogens (tertiary/aromatic N) is 4. The summed E-state index contributed by atoms with van der Waals surface area (Å²) in [5.74, 6) is 9.21. The van der Waals surface area contributed by atoms with Crippen molar-refractivity contribution in [1.82, 2.24) is 20.4 Å². The fraction of sp³-hybridized carbons (Fsp3) is 0.0500. The molecule has 0 aliphatic carbocycles. The summed E-state index contributed by atoms with van der Waals surface area (Å²) in [4.78, 5) is 0. The van der Waals surface area contributed by atoms with Crippen LogP contribution in [-0.2, 0) is 6.18 Å². The Morgan fingerprint density at radius 3 is 2.50 bits per heavy atom. The number of hydrazone groups is 1. The molecule has 0 aliphatic heterocycles. The van der Waals surface area contributed by atoms with Crippen molar-refractivity contribution in [1.29, 1.82) is 0 Å². The topological polar surface area (TPSA) is 120 Å². The lowest BCUT2D eigenvalue weighted by Gasteiger charge is -2.13. The molecule has 0 atom stereocenters. The molecule has 0 aliphatic rings. The van der Waals surface area contributed by atoms with Crippen molar-refractivity contribution in [2.75, 3.05) is 0 Å². The number of alkyl halides is 3. The number of hydrogen-bond donors (Lipinski definition) is 3. The van der Waals surface area contributed by atoms with E-state index in [0.29, 0.717) is 4.68 Å². The average molecular weight is 514 g/mol. The molecule has 5 N–H and O–H groups in total. The summed E-state index contributed by atoms with van der Waals surface area (Å²) >= 11 is 12.1. The summed E-state index contributed by atoms with van der Waals surface area (Å²) in [6.45, 7) is 0. The van der Waals surface area contributed by atoms with Gasteiger partial charge in [-0.25, -0.2) is 14.9 Å². The fourth-order valence-electron chi connectivity index (χ4n) is 3.35. The minimum Gasteiger partial charge on any atom is -0.355 e. The van der Waals surface area contributed by atoms with Crippen LogP contribution in [0.1, 0.15) is 11.3 Å². The van der Waals surface area contributed by atoms with Crippen molar-refractivity contribution in [3.05, 3.63) is 75.8 Å². The highest BCUT2D eigenvalue weighted by molar-refractivity contribution is 6.33. The Morgan fingerprint density at radius 1 is 1.15 bits per heavy atom. The Morgan fingerprint density at radius 2 is 1.88 bits per heavy atom. The third-order valence-corrected chi connectivity index (χ3v) is 5.28. The normalized spacial score (nSPS) is 12.3. The monoisotopic (exact) mass is 513 g/mol. The van der Waals surface area contributed by atoms with E-state index in [1.165, 1.54) is 36.4 Å². The molecule has 2 aromatic carbocycles. The highest BCUT2D eigenvalue weighted by Crippen LogP contribution is 2.43. The fourth-order valence-corrected chi connectivity index (χ4v) is 3.79. The Labute approximate surface area is 198 Å². The van der Waals surface area contributed by atoms with E-state index in [-0.39, 0.29) is 38.4 Å². The van der Waals surface area contributed by atoms with E-state index >= 15 is 0 Å². The second-order valence-corrected chi connectivity index (χ2v) is 7.59. The number of benzene rings is 2. The average Bonchev–Trinajstić information content (AvgIpc) is 3.40. The van der Waals surface area contributed by atoms with Crippen LogP contribution in [-0.4, -0.2) is 20.8 Å². The van der Waals surface area contributed by atoms with Crippen LogP contribution in [0.15, 0.2) is 58.3 Å². The van der Waals surface area contributed by atoms with Crippen molar-refractivity contribution < 1.29 is 22.1 Å². The molecule has 0 saturated heterocycles. The van der Waals surface area contributed by atoms with Crippen LogP contribution in [0.5, 0.6) is 0 Å². The Hall–Kier alpha value is -3.61. The molecule has 34 heavy (non-hydrogen) atoms. The van der Waals surface area contributed by atoms with E-state index < -0.39 is 29.0 Å². The van der Waals surface area contributed by atoms with E-state index in [4.69, 9.17) is 39.4 Å². The first-order valence-corrected chi connectivity index (χ1v) is 10.0. The second kappa shape index (κ2) is 8.97. The largest absolute Gasteiger partial charge is 0.434 e. The van der Waals surface area contributed by atoms with Gasteiger partial charge in [-0.1, -0.05) is 40.5 Å². The molecule has 0 bridgehead atoms. The first kappa shape index (κ1) is 23.5. The summed E-state index contributed by atoms with van der Waals surface area (Å²) in [7, 11) is 0. The van der Waals surface area contributed by atoms with Crippen LogP contribution in [0.2, 0.25) is 10.0 Å². The molecule has 2 aromatic heterocycles. The molecule has 4 aromatic rings. The van der Waals surface area contributed by atoms with Crippen LogP contribution in [0, 0.1) is 5.82 Å². The molecule has 0 radical (unpaired) electrons. The first-order chi connectivity index (χ1) is 16.2. The summed E-state index contributed by atoms with van der Waals surface area (Å²) in [6.07, 6.45) is -4.00. The number of halogens is 6. The molecular formula is C20H13Cl2F4N7O. The Bertz CT molecular complexity index is 1380. The quantitative estimate of drug-likeness (QED) is 0.119. The highest BCUT2D eigenvalue weighted by Gasteiger charge is 2.41. The smallest absolute Gasteiger partial charge is 0.355 e. The van der Waals surface area contributed by atoms with E-state index in [0.717, 1.165) is 12.3 Å². The van der Waals surface area contributed by atoms with Gasteiger partial charge in [-0.3, -0.25) is 0 Å². The molecule has 0 saturated carbocycles. The molecule has 0 spiro atoms. The standard InChI is InChI=1S/C20H13Cl2F4N7O/c21-9-3-1-4-10(7-9)33-18(20(24,25)26)11(8-29-33)17-15(19(30-27)31-28)16(32-34-17)14-12(22)5-2-6-13(14)23/h1-8H,27-28H2,(H,30,31). The van der Waals surface area contributed by atoms with Gasteiger partial charge in [0.05, 0.1) is 33.6 Å². The van der Waals surface area contributed by atoms with Gasteiger partial charge in [0.1, 0.15) is 11.5 Å². The second-order valence-electron chi connectivity index (χ2n) is 6.75. The SMILES string of the molecule is N/N=C(\NN)c1c(-c2c(F)cccc2Cl)noc1-c1cnn(-c2cccc(Cl)c2)c1C(F)(F)F. The molecule has 4 rings (SSSR count). The number of nitrogens with two attached hydrogens (primary N) is 2. The van der Waals surface area contributed by atoms with Crippen molar-refractivity contribution >= 4 is 29.0 Å². The van der Waals surface area contributed by atoms with Crippen molar-refractivity contribution in [2.24, 2.45) is 16.8 Å². The van der Waals surface area contributed by atoms with E-state index in [9.17, 15) is 17.6 Å². The van der Waals surface area contributed by atoms with Gasteiger partial charge in [-0.2, -0.15) is 23.4 Å². The lowest BCUT2D eigenvalue weighted by Crippen LogP contribution is -2.32. The molecule has 176 valence electrons. The van der Waals surface area contributed by atoms with Gasteiger partial charge >= 0.3 is 6.18 Å². The number of hydrazine groups is 1. The maximum absolute atomic E-state index is 14.6. The van der Waals surface area contributed by atoms with Crippen molar-refractivity contribution in [3.63, 3.8) is 0 Å². The number of rotatable bonds is 4. The zero-order valence-electron chi connectivity index (χ0n) is 16.7. The van der Waals surface area contributed by atoms with Gasteiger partial charge in [0, 0.05) is 5.02 Å². The number of amidine groups is 1. The Kier molecular flexibility index (Phi) is 6.21. The molecule has 14 heteroatoms. The zero-order chi connectivity index (χ0) is 24.6. The van der Waals surface area contributed by atoms with Crippen LogP contribution >= 0.6 is 23.2 Å². The van der Waals surface area contributed by atoms with Crippen LogP contribution in [0.4, 0.5) is 17.6 Å². The molecule has 8 nitrogen and oxygen atoms in total. The zero-order valence-corrected chi connectivity index (χ0v) is 18.3. The van der Waals surface area contributed by atoms with Crippen LogP contribution < -0.4 is 17.1 Å². The van der Waals surface area contributed by atoms with E-state index in [2.05, 4.69) is 20.8 Å². The predicted molar refractivity (Wildman–Crippen MR) is 118 cm³/mol. The minimum atomic E-state index is -4.91. The van der Waals surface area contributed by atoms with Crippen molar-refractivity contribution in [3.8, 4) is 28.3 Å². The molecule has 2 heterocycles. The van der Waals surface area contributed by atoms with Gasteiger partial charge in [-0.05, 0) is 30.3 Å². The molecule has 0 unspecified atom stereocenters. The third-order valence-electron chi connectivity index (χ3n) is 4.73. The first-order valence-electron chi connectivity index (χ1n) is 9.27. The number of aromatic nitrogens is 3. The third kappa shape index (κ3) is 4.06. The summed E-state index contributed by atoms with van der Waals surface area (Å²) < 4.78 is 63.2. The van der Waals surface area contributed by atoms with Gasteiger partial charge < -0.3 is 15.8 Å². The summed E-state index contributed by atoms with van der Waals surface area (Å²) in [6, 6.07) is 9.45. The molecule has 0 amide bonds. The van der Waals surface area contributed by atoms with Crippen LogP contribution in [0.25, 0.3) is 28.3 Å². The Balaban J connectivity index is 2.04. The molecule has 0 fully saturated rings. The lowest BCUT2D eigenvalue weighted by atomic mass is 10.0. The predicted octanol–water partition coefficient (Wildman–Crippen LogP) is 4.74. The highest BCUT2D eigenvalue weighted by atomic mass is 35.5. The maximum atomic E-state index is 14.6. The summed E-state index contributed by atoms with van der Waals surface area (Å²) in [5.41, 5.74) is -0.345. The van der Waals surface area contributed by atoms with Gasteiger partial charge in [0.25, 0.3) is 0 Å². The maximum Gasteiger partial charge on any atom is 0.434 e. The van der Waals surface area contributed by atoms with Crippen LogP contribution in [0.3, 0.4) is 0 Å². The van der Waals surface area contributed by atoms with E-state index in [1.54, 1.807) is 0 Å². The van der Waals surface area contributed by atoms with Gasteiger partial charge in [0.15, 0.2) is 17.3 Å². The lowest BCUT2D eigenvalue weighted by molar-refractivity contribution is -0.142. The minimum absolute atomic E-state index is 0.0363. The van der Waals surface area contributed by atoms with Crippen molar-refractivity contribution in [2.45, 2.75) is 6.18 Å². The van der Waals surface area contributed by atoms with E-state index in [1.807, 2.05) is 0 Å². The van der Waals surface area contributed by atoms with Gasteiger partial charge in [0.2, 0.25) is 0 Å². The number of nitrogens with one attached hydrogen (secondary N) is 1. The number of hydrogen-bond acceptors (Lipinski definition) is 6. The molecular weight excluding hydrogens is 501 g/mol. The summed E-state index contributed by atoms with van der Waals surface area (Å²) in [5, 5.41) is 11.2. The van der Waals surface area contributed by atoms with Gasteiger partial charge in [-0.15, -0.1) is 0 Å².